The molecule has 27 heavy (non-hydrogen) atoms. The number of aryl methyl sites for hydroxylation is 1. The van der Waals surface area contributed by atoms with Crippen molar-refractivity contribution in [1.29, 1.82) is 0 Å². The summed E-state index contributed by atoms with van der Waals surface area (Å²) in [5, 5.41) is 8.23. The molecule has 0 bridgehead atoms. The van der Waals surface area contributed by atoms with Crippen LogP contribution < -0.4 is 9.62 Å². The fraction of sp³-hybridized carbons (Fsp3) is 0.562. The highest BCUT2D eigenvalue weighted by molar-refractivity contribution is 7.89. The van der Waals surface area contributed by atoms with Crippen molar-refractivity contribution in [3.05, 3.63) is 24.7 Å². The molecule has 0 saturated carbocycles. The number of rotatable bonds is 5. The first kappa shape index (κ1) is 18.1. The van der Waals surface area contributed by atoms with Gasteiger partial charge in [-0.15, -0.1) is 0 Å². The van der Waals surface area contributed by atoms with Crippen molar-refractivity contribution in [3.8, 4) is 0 Å². The van der Waals surface area contributed by atoms with Gasteiger partial charge in [-0.3, -0.25) is 19.1 Å². The Labute approximate surface area is 157 Å². The van der Waals surface area contributed by atoms with E-state index < -0.39 is 16.1 Å². The molecule has 0 radical (unpaired) electrons. The van der Waals surface area contributed by atoms with Gasteiger partial charge in [-0.1, -0.05) is 0 Å². The van der Waals surface area contributed by atoms with Crippen LogP contribution in [0.1, 0.15) is 25.3 Å². The smallest absolute Gasteiger partial charge is 0.246 e. The fourth-order valence-electron chi connectivity index (χ4n) is 3.49. The van der Waals surface area contributed by atoms with Gasteiger partial charge in [0.2, 0.25) is 15.9 Å². The van der Waals surface area contributed by atoms with Gasteiger partial charge in [0.15, 0.2) is 0 Å². The Morgan fingerprint density at radius 2 is 2.15 bits per heavy atom. The molecule has 4 heterocycles. The standard InChI is InChI=1S/C16H22N6O4S/c1-20-15(4-6-17-20)21-7-2-3-14(16(21)23)19-27(24,25)13-9-18-22(10-13)12-5-8-26-11-12/h4,6,9-10,12,14,19H,2-3,5,7-8,11H2,1H3/t12-,14+/m1/s1. The maximum Gasteiger partial charge on any atom is 0.246 e. The monoisotopic (exact) mass is 394 g/mol. The van der Waals surface area contributed by atoms with Crippen LogP contribution in [0.3, 0.4) is 0 Å². The molecule has 2 fully saturated rings. The molecular weight excluding hydrogens is 372 g/mol. The van der Waals surface area contributed by atoms with Crippen molar-refractivity contribution >= 4 is 21.7 Å². The second-order valence-corrected chi connectivity index (χ2v) is 8.51. The van der Waals surface area contributed by atoms with Gasteiger partial charge in [-0.25, -0.2) is 8.42 Å². The third kappa shape index (κ3) is 3.49. The largest absolute Gasteiger partial charge is 0.379 e. The number of ether oxygens (including phenoxy) is 1. The summed E-state index contributed by atoms with van der Waals surface area (Å²) in [6.07, 6.45) is 6.37. The molecule has 2 saturated heterocycles. The van der Waals surface area contributed by atoms with Crippen LogP contribution >= 0.6 is 0 Å². The highest BCUT2D eigenvalue weighted by Gasteiger charge is 2.34. The number of sulfonamides is 1. The zero-order valence-corrected chi connectivity index (χ0v) is 15.8. The average Bonchev–Trinajstić information content (AvgIpc) is 3.37. The number of nitrogens with one attached hydrogen (secondary N) is 1. The zero-order chi connectivity index (χ0) is 19.0. The van der Waals surface area contributed by atoms with Crippen LogP contribution in [0.5, 0.6) is 0 Å². The number of aromatic nitrogens is 4. The number of hydrogen-bond acceptors (Lipinski definition) is 6. The second-order valence-electron chi connectivity index (χ2n) is 6.79. The lowest BCUT2D eigenvalue weighted by Crippen LogP contribution is -2.52. The van der Waals surface area contributed by atoms with E-state index in [0.29, 0.717) is 38.4 Å². The van der Waals surface area contributed by atoms with Crippen molar-refractivity contribution in [2.45, 2.75) is 36.2 Å². The van der Waals surface area contributed by atoms with Crippen LogP contribution in [0.15, 0.2) is 29.6 Å². The number of carbonyl (C=O) groups is 1. The molecule has 0 aliphatic carbocycles. The van der Waals surface area contributed by atoms with Crippen molar-refractivity contribution in [2.24, 2.45) is 7.05 Å². The van der Waals surface area contributed by atoms with Crippen molar-refractivity contribution in [1.82, 2.24) is 24.3 Å². The first-order valence-corrected chi connectivity index (χ1v) is 10.4. The van der Waals surface area contributed by atoms with Crippen molar-refractivity contribution in [3.63, 3.8) is 0 Å². The molecule has 0 aromatic carbocycles. The Morgan fingerprint density at radius 1 is 1.30 bits per heavy atom. The maximum absolute atomic E-state index is 12.8. The van der Waals surface area contributed by atoms with Crippen LogP contribution in [0.2, 0.25) is 0 Å². The van der Waals surface area contributed by atoms with Gasteiger partial charge in [0.05, 0.1) is 25.0 Å². The lowest BCUT2D eigenvalue weighted by Gasteiger charge is -2.32. The molecule has 0 spiro atoms. The van der Waals surface area contributed by atoms with E-state index in [1.54, 1.807) is 33.6 Å². The Hall–Kier alpha value is -2.24. The molecule has 2 atom stereocenters. The number of piperidine rings is 1. The Morgan fingerprint density at radius 3 is 2.85 bits per heavy atom. The minimum Gasteiger partial charge on any atom is -0.379 e. The van der Waals surface area contributed by atoms with E-state index in [4.69, 9.17) is 4.74 Å². The molecule has 1 N–H and O–H groups in total. The Bertz CT molecular complexity index is 930. The van der Waals surface area contributed by atoms with Gasteiger partial charge >= 0.3 is 0 Å². The highest BCUT2D eigenvalue weighted by Crippen LogP contribution is 2.23. The third-order valence-electron chi connectivity index (χ3n) is 4.98. The number of nitrogens with zero attached hydrogens (tertiary/aromatic N) is 5. The molecule has 10 nitrogen and oxygen atoms in total. The summed E-state index contributed by atoms with van der Waals surface area (Å²) in [6, 6.07) is 0.977. The summed E-state index contributed by atoms with van der Waals surface area (Å²) in [5.74, 6) is 0.378. The molecule has 146 valence electrons. The fourth-order valence-corrected chi connectivity index (χ4v) is 4.65. The minimum atomic E-state index is -3.85. The van der Waals surface area contributed by atoms with Gasteiger partial charge in [0.25, 0.3) is 0 Å². The van der Waals surface area contributed by atoms with E-state index in [2.05, 4.69) is 14.9 Å². The summed E-state index contributed by atoms with van der Waals surface area (Å²) in [6.45, 7) is 1.71. The summed E-state index contributed by atoms with van der Waals surface area (Å²) in [4.78, 5) is 14.4. The average molecular weight is 394 g/mol. The molecule has 2 aliphatic rings. The van der Waals surface area contributed by atoms with E-state index in [1.165, 1.54) is 12.4 Å². The maximum atomic E-state index is 12.8. The van der Waals surface area contributed by atoms with Gasteiger partial charge in [0.1, 0.15) is 16.8 Å². The highest BCUT2D eigenvalue weighted by atomic mass is 32.2. The van der Waals surface area contributed by atoms with E-state index in [-0.39, 0.29) is 16.8 Å². The quantitative estimate of drug-likeness (QED) is 0.767. The summed E-state index contributed by atoms with van der Waals surface area (Å²) >= 11 is 0. The molecule has 2 aromatic rings. The first-order valence-electron chi connectivity index (χ1n) is 8.89. The van der Waals surface area contributed by atoms with Gasteiger partial charge < -0.3 is 4.74 Å². The van der Waals surface area contributed by atoms with Gasteiger partial charge in [0, 0.05) is 32.5 Å². The molecule has 0 unspecified atom stereocenters. The lowest BCUT2D eigenvalue weighted by molar-refractivity contribution is -0.121. The Kier molecular flexibility index (Phi) is 4.74. The predicted molar refractivity (Wildman–Crippen MR) is 95.6 cm³/mol. The molecule has 1 amide bonds. The van der Waals surface area contributed by atoms with Crippen LogP contribution in [0, 0.1) is 0 Å². The number of anilines is 1. The van der Waals surface area contributed by atoms with E-state index in [9.17, 15) is 13.2 Å². The van der Waals surface area contributed by atoms with Crippen LogP contribution in [-0.2, 0) is 26.6 Å². The normalized spacial score (nSPS) is 23.9. The van der Waals surface area contributed by atoms with Gasteiger partial charge in [-0.05, 0) is 19.3 Å². The topological polar surface area (TPSA) is 111 Å². The molecule has 2 aromatic heterocycles. The SMILES string of the molecule is Cn1nccc1N1CCC[C@H](NS(=O)(=O)c2cnn([C@@H]3CCOC3)c2)C1=O. The Balaban J connectivity index is 1.50. The molecule has 2 aliphatic heterocycles. The third-order valence-corrected chi connectivity index (χ3v) is 6.40. The predicted octanol–water partition coefficient (Wildman–Crippen LogP) is 0.0519. The van der Waals surface area contributed by atoms with Gasteiger partial charge in [-0.2, -0.15) is 14.9 Å². The summed E-state index contributed by atoms with van der Waals surface area (Å²) in [5.41, 5.74) is 0. The number of hydrogen-bond donors (Lipinski definition) is 1. The van der Waals surface area contributed by atoms with Crippen LogP contribution in [-0.4, -0.2) is 59.7 Å². The van der Waals surface area contributed by atoms with Crippen LogP contribution in [0.25, 0.3) is 0 Å². The molecule has 4 rings (SSSR count). The zero-order valence-electron chi connectivity index (χ0n) is 15.0. The van der Waals surface area contributed by atoms with Crippen LogP contribution in [0.4, 0.5) is 5.82 Å². The molecule has 11 heteroatoms. The second kappa shape index (κ2) is 7.06. The van der Waals surface area contributed by atoms with E-state index in [0.717, 1.165) is 6.42 Å². The number of amides is 1. The summed E-state index contributed by atoms with van der Waals surface area (Å²) < 4.78 is 36.6. The minimum absolute atomic E-state index is 0.0468. The lowest BCUT2D eigenvalue weighted by atomic mass is 10.1. The first-order chi connectivity index (χ1) is 13.0. The summed E-state index contributed by atoms with van der Waals surface area (Å²) in [7, 11) is -2.10. The van der Waals surface area contributed by atoms with Crippen molar-refractivity contribution < 1.29 is 17.9 Å². The number of carbonyl (C=O) groups excluding carboxylic acids is 1. The van der Waals surface area contributed by atoms with E-state index in [1.807, 2.05) is 0 Å². The van der Waals surface area contributed by atoms with Crippen molar-refractivity contribution in [2.75, 3.05) is 24.7 Å². The molecular formula is C16H22N6O4S. The van der Waals surface area contributed by atoms with E-state index >= 15 is 0 Å².